The monoisotopic (exact) mass is 374 g/mol. The molecule has 0 amide bonds. The lowest BCUT2D eigenvalue weighted by Crippen LogP contribution is -2.45. The highest BCUT2D eigenvalue weighted by atomic mass is 79.9. The minimum atomic E-state index is -1.64. The Labute approximate surface area is 137 Å². The molecule has 4 nitrogen and oxygen atoms in total. The molecular weight excluding hydrogens is 356 g/mol. The Balaban J connectivity index is 3.29. The summed E-state index contributed by atoms with van der Waals surface area (Å²) in [6.45, 7) is 1.83. The Bertz CT molecular complexity index is 506. The maximum atomic E-state index is 12.4. The van der Waals surface area contributed by atoms with Gasteiger partial charge in [0.25, 0.3) is 0 Å². The summed E-state index contributed by atoms with van der Waals surface area (Å²) in [5, 5.41) is 9.74. The molecule has 116 valence electrons. The van der Waals surface area contributed by atoms with Crippen molar-refractivity contribution in [3.8, 4) is 0 Å². The summed E-state index contributed by atoms with van der Waals surface area (Å²) in [6, 6.07) is 6.85. The molecule has 0 aliphatic rings. The van der Waals surface area contributed by atoms with Crippen molar-refractivity contribution in [3.05, 3.63) is 34.3 Å². The zero-order chi connectivity index (χ0) is 15.9. The van der Waals surface area contributed by atoms with E-state index < -0.39 is 17.4 Å². The second kappa shape index (κ2) is 8.44. The van der Waals surface area contributed by atoms with Crippen molar-refractivity contribution < 1.29 is 19.4 Å². The number of carbonyl (C=O) groups is 2. The summed E-state index contributed by atoms with van der Waals surface area (Å²) in [4.78, 5) is 24.3. The lowest BCUT2D eigenvalue weighted by Gasteiger charge is -2.27. The molecular formula is C15H19BrO4S. The second-order valence-corrected chi connectivity index (χ2v) is 6.44. The highest BCUT2D eigenvalue weighted by Gasteiger charge is 2.48. The van der Waals surface area contributed by atoms with Gasteiger partial charge in [-0.25, -0.2) is 0 Å². The van der Waals surface area contributed by atoms with Crippen LogP contribution < -0.4 is 0 Å². The number of benzene rings is 1. The fraction of sp³-hybridized carbons (Fsp3) is 0.467. The van der Waals surface area contributed by atoms with Crippen LogP contribution in [0.5, 0.6) is 0 Å². The average molecular weight is 375 g/mol. The van der Waals surface area contributed by atoms with E-state index in [0.29, 0.717) is 12.0 Å². The predicted octanol–water partition coefficient (Wildman–Crippen LogP) is 3.48. The van der Waals surface area contributed by atoms with Crippen LogP contribution in [0.15, 0.2) is 28.7 Å². The van der Waals surface area contributed by atoms with Gasteiger partial charge < -0.3 is 9.84 Å². The van der Waals surface area contributed by atoms with Gasteiger partial charge in [0, 0.05) is 4.47 Å². The Morgan fingerprint density at radius 3 is 2.67 bits per heavy atom. The Morgan fingerprint density at radius 2 is 2.14 bits per heavy atom. The molecule has 1 rings (SSSR count). The summed E-state index contributed by atoms with van der Waals surface area (Å²) in [5.41, 5.74) is -1.20. The van der Waals surface area contributed by atoms with Gasteiger partial charge in [-0.1, -0.05) is 28.1 Å². The maximum absolute atomic E-state index is 12.4. The van der Waals surface area contributed by atoms with E-state index in [0.717, 1.165) is 10.2 Å². The average Bonchev–Trinajstić information content (AvgIpc) is 2.43. The Morgan fingerprint density at radius 1 is 1.43 bits per heavy atom. The first-order valence-electron chi connectivity index (χ1n) is 6.64. The second-order valence-electron chi connectivity index (χ2n) is 4.54. The molecule has 21 heavy (non-hydrogen) atoms. The third-order valence-electron chi connectivity index (χ3n) is 3.21. The number of carboxylic acid groups (broad SMARTS) is 1. The number of hydrogen-bond donors (Lipinski definition) is 1. The molecule has 0 aliphatic carbocycles. The quantitative estimate of drug-likeness (QED) is 0.428. The van der Waals surface area contributed by atoms with E-state index in [1.54, 1.807) is 43.0 Å². The highest BCUT2D eigenvalue weighted by Crippen LogP contribution is 2.33. The highest BCUT2D eigenvalue weighted by molar-refractivity contribution is 9.10. The van der Waals surface area contributed by atoms with E-state index in [1.165, 1.54) is 0 Å². The molecule has 1 atom stereocenters. The SMILES string of the molecule is CCOC(=O)C(CCCSC)(C(=O)O)c1cccc(Br)c1. The van der Waals surface area contributed by atoms with Gasteiger partial charge in [-0.15, -0.1) is 0 Å². The van der Waals surface area contributed by atoms with Crippen LogP contribution in [0.1, 0.15) is 25.3 Å². The fourth-order valence-corrected chi connectivity index (χ4v) is 3.00. The molecule has 0 aliphatic heterocycles. The van der Waals surface area contributed by atoms with Gasteiger partial charge in [-0.3, -0.25) is 9.59 Å². The van der Waals surface area contributed by atoms with Crippen LogP contribution in [0.3, 0.4) is 0 Å². The van der Waals surface area contributed by atoms with Crippen LogP contribution in [-0.4, -0.2) is 35.7 Å². The van der Waals surface area contributed by atoms with Gasteiger partial charge in [0.1, 0.15) is 0 Å². The number of rotatable bonds is 8. The normalized spacial score (nSPS) is 13.5. The third kappa shape index (κ3) is 4.23. The Hall–Kier alpha value is -1.01. The predicted molar refractivity (Wildman–Crippen MR) is 87.7 cm³/mol. The number of ether oxygens (including phenoxy) is 1. The molecule has 1 unspecified atom stereocenters. The minimum absolute atomic E-state index is 0.157. The van der Waals surface area contributed by atoms with Crippen molar-refractivity contribution in [1.29, 1.82) is 0 Å². The molecule has 0 saturated carbocycles. The van der Waals surface area contributed by atoms with E-state index in [2.05, 4.69) is 15.9 Å². The smallest absolute Gasteiger partial charge is 0.328 e. The van der Waals surface area contributed by atoms with Crippen molar-refractivity contribution in [2.75, 3.05) is 18.6 Å². The van der Waals surface area contributed by atoms with E-state index >= 15 is 0 Å². The van der Waals surface area contributed by atoms with E-state index in [9.17, 15) is 14.7 Å². The molecule has 0 aromatic heterocycles. The van der Waals surface area contributed by atoms with Gasteiger partial charge >= 0.3 is 11.9 Å². The zero-order valence-electron chi connectivity index (χ0n) is 12.1. The molecule has 0 spiro atoms. The lowest BCUT2D eigenvalue weighted by atomic mass is 9.76. The van der Waals surface area contributed by atoms with Crippen molar-refractivity contribution in [3.63, 3.8) is 0 Å². The van der Waals surface area contributed by atoms with Gasteiger partial charge in [0.05, 0.1) is 6.61 Å². The van der Waals surface area contributed by atoms with E-state index in [-0.39, 0.29) is 13.0 Å². The molecule has 0 fully saturated rings. The van der Waals surface area contributed by atoms with Gasteiger partial charge in [-0.05, 0) is 49.5 Å². The summed E-state index contributed by atoms with van der Waals surface area (Å²) < 4.78 is 5.79. The summed E-state index contributed by atoms with van der Waals surface area (Å²) in [6.07, 6.45) is 2.79. The van der Waals surface area contributed by atoms with Gasteiger partial charge in [-0.2, -0.15) is 11.8 Å². The lowest BCUT2D eigenvalue weighted by molar-refractivity contribution is -0.162. The fourth-order valence-electron chi connectivity index (χ4n) is 2.17. The number of halogens is 1. The van der Waals surface area contributed by atoms with Crippen molar-refractivity contribution >= 4 is 39.6 Å². The van der Waals surface area contributed by atoms with Crippen LogP contribution in [0.25, 0.3) is 0 Å². The standard InChI is InChI=1S/C15H19BrO4S/c1-3-20-14(19)15(13(17)18,8-5-9-21-2)11-6-4-7-12(16)10-11/h4,6-7,10H,3,5,8-9H2,1-2H3,(H,17,18). The minimum Gasteiger partial charge on any atom is -0.480 e. The molecule has 0 radical (unpaired) electrons. The number of aliphatic carboxylic acids is 1. The Kier molecular flexibility index (Phi) is 7.25. The topological polar surface area (TPSA) is 63.6 Å². The van der Waals surface area contributed by atoms with Crippen LogP contribution in [0.2, 0.25) is 0 Å². The first-order chi connectivity index (χ1) is 9.98. The van der Waals surface area contributed by atoms with Crippen LogP contribution >= 0.6 is 27.7 Å². The van der Waals surface area contributed by atoms with Crippen LogP contribution in [0.4, 0.5) is 0 Å². The largest absolute Gasteiger partial charge is 0.480 e. The van der Waals surface area contributed by atoms with Crippen molar-refractivity contribution in [2.24, 2.45) is 0 Å². The summed E-state index contributed by atoms with van der Waals surface area (Å²) >= 11 is 4.95. The molecule has 1 N–H and O–H groups in total. The number of thioether (sulfide) groups is 1. The molecule has 1 aromatic carbocycles. The van der Waals surface area contributed by atoms with Gasteiger partial charge in [0.15, 0.2) is 5.41 Å². The first kappa shape index (κ1) is 18.0. The first-order valence-corrected chi connectivity index (χ1v) is 8.83. The number of esters is 1. The summed E-state index contributed by atoms with van der Waals surface area (Å²) in [7, 11) is 0. The molecule has 1 aromatic rings. The zero-order valence-corrected chi connectivity index (χ0v) is 14.5. The number of carboxylic acids is 1. The van der Waals surface area contributed by atoms with Crippen molar-refractivity contribution in [2.45, 2.75) is 25.2 Å². The van der Waals surface area contributed by atoms with Crippen LogP contribution in [-0.2, 0) is 19.7 Å². The van der Waals surface area contributed by atoms with Gasteiger partial charge in [0.2, 0.25) is 0 Å². The number of carbonyl (C=O) groups excluding carboxylic acids is 1. The van der Waals surface area contributed by atoms with E-state index in [1.807, 2.05) is 6.26 Å². The molecule has 6 heteroatoms. The molecule has 0 bridgehead atoms. The molecule has 0 saturated heterocycles. The molecule has 0 heterocycles. The maximum Gasteiger partial charge on any atom is 0.328 e. The van der Waals surface area contributed by atoms with Crippen molar-refractivity contribution in [1.82, 2.24) is 0 Å². The van der Waals surface area contributed by atoms with E-state index in [4.69, 9.17) is 4.74 Å². The van der Waals surface area contributed by atoms with Crippen LogP contribution in [0, 0.1) is 0 Å². The number of hydrogen-bond acceptors (Lipinski definition) is 4. The third-order valence-corrected chi connectivity index (χ3v) is 4.40. The summed E-state index contributed by atoms with van der Waals surface area (Å²) in [5.74, 6) is -1.07.